The van der Waals surface area contributed by atoms with Gasteiger partial charge in [-0.2, -0.15) is 4.98 Å². The van der Waals surface area contributed by atoms with Gasteiger partial charge in [0.05, 0.1) is 19.2 Å². The van der Waals surface area contributed by atoms with Crippen molar-refractivity contribution in [1.82, 2.24) is 14.9 Å². The maximum atomic E-state index is 12.7. The van der Waals surface area contributed by atoms with Crippen LogP contribution in [0.25, 0.3) is 0 Å². The Morgan fingerprint density at radius 3 is 2.68 bits per heavy atom. The van der Waals surface area contributed by atoms with Crippen molar-refractivity contribution >= 4 is 35.0 Å². The normalized spacial score (nSPS) is 13.7. The third-order valence-electron chi connectivity index (χ3n) is 5.17. The number of methoxy groups -OCH3 is 1. The molecule has 1 aromatic heterocycles. The van der Waals surface area contributed by atoms with Crippen molar-refractivity contribution in [3.05, 3.63) is 71.4 Å². The number of carbonyl (C=O) groups is 1. The Hall–Kier alpha value is -3.32. The van der Waals surface area contributed by atoms with Gasteiger partial charge in [0.1, 0.15) is 11.6 Å². The van der Waals surface area contributed by atoms with E-state index in [9.17, 15) is 4.79 Å². The number of halogens is 1. The van der Waals surface area contributed by atoms with Crippen molar-refractivity contribution in [2.75, 3.05) is 43.5 Å². The minimum Gasteiger partial charge on any atom is -0.495 e. The molecule has 3 aromatic rings. The number of nitrogens with zero attached hydrogens (tertiary/aromatic N) is 4. The lowest BCUT2D eigenvalue weighted by atomic mass is 10.1. The van der Waals surface area contributed by atoms with Gasteiger partial charge in [-0.3, -0.25) is 4.79 Å². The summed E-state index contributed by atoms with van der Waals surface area (Å²) in [5.41, 5.74) is 1.77. The molecular formula is C23H24ClN5O2. The van der Waals surface area contributed by atoms with Gasteiger partial charge in [-0.05, 0) is 35.9 Å². The molecule has 1 N–H and O–H groups in total. The summed E-state index contributed by atoms with van der Waals surface area (Å²) in [5.74, 6) is 2.18. The fourth-order valence-electron chi connectivity index (χ4n) is 3.55. The Kier molecular flexibility index (Phi) is 6.52. The zero-order chi connectivity index (χ0) is 21.6. The van der Waals surface area contributed by atoms with Crippen LogP contribution in [0.5, 0.6) is 5.75 Å². The van der Waals surface area contributed by atoms with Crippen LogP contribution in [0.4, 0.5) is 17.5 Å². The van der Waals surface area contributed by atoms with Crippen LogP contribution in [0.3, 0.4) is 0 Å². The number of anilines is 3. The van der Waals surface area contributed by atoms with E-state index in [1.165, 1.54) is 0 Å². The van der Waals surface area contributed by atoms with E-state index in [0.29, 0.717) is 49.4 Å². The Morgan fingerprint density at radius 2 is 1.90 bits per heavy atom. The monoisotopic (exact) mass is 437 g/mol. The van der Waals surface area contributed by atoms with E-state index in [4.69, 9.17) is 16.3 Å². The van der Waals surface area contributed by atoms with Crippen LogP contribution in [0, 0.1) is 0 Å². The predicted molar refractivity (Wildman–Crippen MR) is 122 cm³/mol. The van der Waals surface area contributed by atoms with Gasteiger partial charge in [0.15, 0.2) is 0 Å². The lowest BCUT2D eigenvalue weighted by Crippen LogP contribution is -2.49. The maximum absolute atomic E-state index is 12.7. The molecule has 0 aliphatic carbocycles. The topological polar surface area (TPSA) is 70.6 Å². The summed E-state index contributed by atoms with van der Waals surface area (Å²) in [5, 5.41) is 3.93. The Morgan fingerprint density at radius 1 is 1.10 bits per heavy atom. The third-order valence-corrected chi connectivity index (χ3v) is 5.41. The van der Waals surface area contributed by atoms with Crippen molar-refractivity contribution in [1.29, 1.82) is 0 Å². The molecule has 1 saturated heterocycles. The molecule has 0 saturated carbocycles. The molecule has 1 aliphatic rings. The number of carbonyl (C=O) groups excluding carboxylic acids is 1. The summed E-state index contributed by atoms with van der Waals surface area (Å²) in [7, 11) is 1.64. The minimum absolute atomic E-state index is 0.106. The number of rotatable bonds is 6. The van der Waals surface area contributed by atoms with Crippen LogP contribution < -0.4 is 15.0 Å². The van der Waals surface area contributed by atoms with Gasteiger partial charge in [-0.1, -0.05) is 35.9 Å². The van der Waals surface area contributed by atoms with E-state index < -0.39 is 0 Å². The highest BCUT2D eigenvalue weighted by molar-refractivity contribution is 6.30. The number of aromatic nitrogens is 2. The molecule has 0 bridgehead atoms. The van der Waals surface area contributed by atoms with E-state index in [2.05, 4.69) is 20.2 Å². The number of nitrogens with one attached hydrogen (secondary N) is 1. The van der Waals surface area contributed by atoms with Crippen LogP contribution in [0.1, 0.15) is 5.56 Å². The average molecular weight is 438 g/mol. The first-order valence-corrected chi connectivity index (χ1v) is 10.5. The average Bonchev–Trinajstić information content (AvgIpc) is 2.80. The molecule has 0 spiro atoms. The standard InChI is InChI=1S/C23H24ClN5O2/c1-31-20-8-3-2-7-19(20)26-21-9-10-25-23(27-21)29-13-11-28(12-14-29)22(30)16-17-5-4-6-18(24)15-17/h2-10,15H,11-14,16H2,1H3,(H,25,26,27). The first-order chi connectivity index (χ1) is 15.1. The molecule has 4 rings (SSSR count). The van der Waals surface area contributed by atoms with Gasteiger partial charge < -0.3 is 19.9 Å². The number of hydrogen-bond donors (Lipinski definition) is 1. The summed E-state index contributed by atoms with van der Waals surface area (Å²) in [6.45, 7) is 2.62. The largest absolute Gasteiger partial charge is 0.495 e. The van der Waals surface area contributed by atoms with E-state index in [-0.39, 0.29) is 5.91 Å². The molecule has 0 atom stereocenters. The van der Waals surface area contributed by atoms with Gasteiger partial charge in [0.25, 0.3) is 0 Å². The second-order valence-electron chi connectivity index (χ2n) is 7.24. The summed E-state index contributed by atoms with van der Waals surface area (Å²) in [6, 6.07) is 16.9. The van der Waals surface area contributed by atoms with Crippen LogP contribution in [-0.4, -0.2) is 54.1 Å². The van der Waals surface area contributed by atoms with Crippen molar-refractivity contribution in [2.45, 2.75) is 6.42 Å². The molecule has 2 aromatic carbocycles. The van der Waals surface area contributed by atoms with Gasteiger partial charge >= 0.3 is 0 Å². The highest BCUT2D eigenvalue weighted by atomic mass is 35.5. The fourth-order valence-corrected chi connectivity index (χ4v) is 3.76. The highest BCUT2D eigenvalue weighted by Gasteiger charge is 2.23. The quantitative estimate of drug-likeness (QED) is 0.633. The first-order valence-electron chi connectivity index (χ1n) is 10.1. The van der Waals surface area contributed by atoms with Crippen molar-refractivity contribution in [3.8, 4) is 5.75 Å². The first kappa shape index (κ1) is 20.9. The number of piperazine rings is 1. The number of amides is 1. The molecule has 8 heteroatoms. The summed E-state index contributed by atoms with van der Waals surface area (Å²) in [4.78, 5) is 25.7. The van der Waals surface area contributed by atoms with E-state index in [1.54, 1.807) is 13.3 Å². The Labute approximate surface area is 186 Å². The van der Waals surface area contributed by atoms with Crippen LogP contribution >= 0.6 is 11.6 Å². The van der Waals surface area contributed by atoms with Crippen molar-refractivity contribution < 1.29 is 9.53 Å². The van der Waals surface area contributed by atoms with Gasteiger partial charge in [0.2, 0.25) is 11.9 Å². The van der Waals surface area contributed by atoms with Crippen molar-refractivity contribution in [2.24, 2.45) is 0 Å². The van der Waals surface area contributed by atoms with Gasteiger partial charge in [-0.25, -0.2) is 4.98 Å². The molecule has 1 aliphatic heterocycles. The minimum atomic E-state index is 0.106. The van der Waals surface area contributed by atoms with Crippen LogP contribution in [-0.2, 0) is 11.2 Å². The lowest BCUT2D eigenvalue weighted by Gasteiger charge is -2.35. The molecule has 1 amide bonds. The van der Waals surface area contributed by atoms with E-state index in [0.717, 1.165) is 17.0 Å². The second-order valence-corrected chi connectivity index (χ2v) is 7.68. The third kappa shape index (κ3) is 5.24. The zero-order valence-corrected chi connectivity index (χ0v) is 18.0. The maximum Gasteiger partial charge on any atom is 0.227 e. The predicted octanol–water partition coefficient (Wildman–Crippen LogP) is 3.77. The molecular weight excluding hydrogens is 414 g/mol. The summed E-state index contributed by atoms with van der Waals surface area (Å²) < 4.78 is 5.39. The molecule has 31 heavy (non-hydrogen) atoms. The highest BCUT2D eigenvalue weighted by Crippen LogP contribution is 2.26. The molecule has 160 valence electrons. The van der Waals surface area contributed by atoms with E-state index >= 15 is 0 Å². The SMILES string of the molecule is COc1ccccc1Nc1ccnc(N2CCN(C(=O)Cc3cccc(Cl)c3)CC2)n1. The number of hydrogen-bond acceptors (Lipinski definition) is 6. The summed E-state index contributed by atoms with van der Waals surface area (Å²) >= 11 is 6.02. The number of ether oxygens (including phenoxy) is 1. The zero-order valence-electron chi connectivity index (χ0n) is 17.3. The smallest absolute Gasteiger partial charge is 0.227 e. The van der Waals surface area contributed by atoms with Gasteiger partial charge in [0, 0.05) is 37.4 Å². The lowest BCUT2D eigenvalue weighted by molar-refractivity contribution is -0.130. The van der Waals surface area contributed by atoms with Crippen LogP contribution in [0.15, 0.2) is 60.8 Å². The van der Waals surface area contributed by atoms with Gasteiger partial charge in [-0.15, -0.1) is 0 Å². The fraction of sp³-hybridized carbons (Fsp3) is 0.261. The molecule has 7 nitrogen and oxygen atoms in total. The Bertz CT molecular complexity index is 1050. The number of benzene rings is 2. The number of para-hydroxylation sites is 2. The Balaban J connectivity index is 1.36. The van der Waals surface area contributed by atoms with E-state index in [1.807, 2.05) is 59.5 Å². The molecule has 0 unspecified atom stereocenters. The van der Waals surface area contributed by atoms with Crippen LogP contribution in [0.2, 0.25) is 5.02 Å². The second kappa shape index (κ2) is 9.66. The molecule has 1 fully saturated rings. The van der Waals surface area contributed by atoms with Crippen molar-refractivity contribution in [3.63, 3.8) is 0 Å². The molecule has 0 radical (unpaired) electrons. The molecule has 2 heterocycles. The summed E-state index contributed by atoms with van der Waals surface area (Å²) in [6.07, 6.45) is 2.09.